The molecule has 110 valence electrons. The SMILES string of the molecule is C[C@H](N)c1ccc(F)cc1OCC1Cc2ccccc2S1. The predicted molar refractivity (Wildman–Crippen MR) is 84.3 cm³/mol. The van der Waals surface area contributed by atoms with Gasteiger partial charge in [-0.3, -0.25) is 0 Å². The van der Waals surface area contributed by atoms with E-state index in [1.807, 2.05) is 18.7 Å². The zero-order valence-electron chi connectivity index (χ0n) is 11.9. The molecule has 2 N–H and O–H groups in total. The summed E-state index contributed by atoms with van der Waals surface area (Å²) >= 11 is 1.82. The standard InChI is InChI=1S/C17H18FNOS/c1-11(19)15-7-6-13(18)9-16(15)20-10-14-8-12-4-2-3-5-17(12)21-14/h2-7,9,11,14H,8,10,19H2,1H3/t11-,14?/m0/s1. The second kappa shape index (κ2) is 6.08. The molecule has 3 rings (SSSR count). The van der Waals surface area contributed by atoms with Crippen molar-refractivity contribution in [1.82, 2.24) is 0 Å². The molecule has 1 aliphatic rings. The normalized spacial score (nSPS) is 18.3. The van der Waals surface area contributed by atoms with Crippen LogP contribution in [0.15, 0.2) is 47.4 Å². The Bertz CT molecular complexity index is 619. The van der Waals surface area contributed by atoms with Gasteiger partial charge in [-0.25, -0.2) is 4.39 Å². The largest absolute Gasteiger partial charge is 0.492 e. The van der Waals surface area contributed by atoms with Crippen molar-refractivity contribution in [1.29, 1.82) is 0 Å². The lowest BCUT2D eigenvalue weighted by Crippen LogP contribution is -2.16. The minimum absolute atomic E-state index is 0.172. The number of fused-ring (bicyclic) bond motifs is 1. The quantitative estimate of drug-likeness (QED) is 0.929. The summed E-state index contributed by atoms with van der Waals surface area (Å²) in [6, 6.07) is 12.8. The molecule has 21 heavy (non-hydrogen) atoms. The summed E-state index contributed by atoms with van der Waals surface area (Å²) in [6.07, 6.45) is 0.990. The van der Waals surface area contributed by atoms with Crippen LogP contribution >= 0.6 is 11.8 Å². The van der Waals surface area contributed by atoms with Gasteiger partial charge in [-0.2, -0.15) is 0 Å². The Labute approximate surface area is 128 Å². The molecule has 0 amide bonds. The highest BCUT2D eigenvalue weighted by Crippen LogP contribution is 2.37. The van der Waals surface area contributed by atoms with Crippen molar-refractivity contribution < 1.29 is 9.13 Å². The minimum Gasteiger partial charge on any atom is -0.492 e. The van der Waals surface area contributed by atoms with Crippen LogP contribution in [0.1, 0.15) is 24.1 Å². The van der Waals surface area contributed by atoms with E-state index in [2.05, 4.69) is 24.3 Å². The van der Waals surface area contributed by atoms with Crippen LogP contribution in [-0.4, -0.2) is 11.9 Å². The molecule has 0 saturated heterocycles. The van der Waals surface area contributed by atoms with Crippen molar-refractivity contribution in [3.05, 3.63) is 59.4 Å². The molecule has 1 unspecified atom stereocenters. The molecular formula is C17H18FNOS. The monoisotopic (exact) mass is 303 g/mol. The number of benzene rings is 2. The molecule has 0 fully saturated rings. The molecule has 2 nitrogen and oxygen atoms in total. The molecule has 2 atom stereocenters. The van der Waals surface area contributed by atoms with E-state index < -0.39 is 0 Å². The molecule has 0 saturated carbocycles. The molecule has 1 heterocycles. The molecule has 2 aromatic rings. The first kappa shape index (κ1) is 14.4. The van der Waals surface area contributed by atoms with Gasteiger partial charge in [0.1, 0.15) is 18.2 Å². The Morgan fingerprint density at radius 2 is 2.14 bits per heavy atom. The topological polar surface area (TPSA) is 35.2 Å². The van der Waals surface area contributed by atoms with Crippen LogP contribution in [0.4, 0.5) is 4.39 Å². The fourth-order valence-corrected chi connectivity index (χ4v) is 3.76. The van der Waals surface area contributed by atoms with Crippen LogP contribution < -0.4 is 10.5 Å². The number of nitrogens with two attached hydrogens (primary N) is 1. The van der Waals surface area contributed by atoms with Gasteiger partial charge < -0.3 is 10.5 Å². The number of thioether (sulfide) groups is 1. The summed E-state index contributed by atoms with van der Waals surface area (Å²) < 4.78 is 19.3. The highest BCUT2D eigenvalue weighted by Gasteiger charge is 2.22. The Kier molecular flexibility index (Phi) is 4.17. The smallest absolute Gasteiger partial charge is 0.127 e. The van der Waals surface area contributed by atoms with Crippen molar-refractivity contribution in [2.24, 2.45) is 5.73 Å². The van der Waals surface area contributed by atoms with Gasteiger partial charge in [0.25, 0.3) is 0 Å². The zero-order valence-corrected chi connectivity index (χ0v) is 12.7. The summed E-state index contributed by atoms with van der Waals surface area (Å²) in [5, 5.41) is 0.367. The molecule has 0 spiro atoms. The van der Waals surface area contributed by atoms with Gasteiger partial charge in [0, 0.05) is 27.8 Å². The van der Waals surface area contributed by atoms with E-state index in [-0.39, 0.29) is 11.9 Å². The van der Waals surface area contributed by atoms with E-state index in [4.69, 9.17) is 10.5 Å². The van der Waals surface area contributed by atoms with E-state index in [1.54, 1.807) is 6.07 Å². The van der Waals surface area contributed by atoms with Gasteiger partial charge in [0.2, 0.25) is 0 Å². The third kappa shape index (κ3) is 3.22. The lowest BCUT2D eigenvalue weighted by atomic mass is 10.1. The van der Waals surface area contributed by atoms with Gasteiger partial charge in [0.15, 0.2) is 0 Å². The van der Waals surface area contributed by atoms with Crippen molar-refractivity contribution in [3.63, 3.8) is 0 Å². The highest BCUT2D eigenvalue weighted by molar-refractivity contribution is 8.00. The van der Waals surface area contributed by atoms with Crippen molar-refractivity contribution >= 4 is 11.8 Å². The molecule has 0 aromatic heterocycles. The first-order valence-corrected chi connectivity index (χ1v) is 7.94. The lowest BCUT2D eigenvalue weighted by molar-refractivity contribution is 0.311. The van der Waals surface area contributed by atoms with Gasteiger partial charge in [-0.1, -0.05) is 24.3 Å². The van der Waals surface area contributed by atoms with Crippen LogP contribution in [0.5, 0.6) is 5.75 Å². The summed E-state index contributed by atoms with van der Waals surface area (Å²) in [6.45, 7) is 2.43. The maximum absolute atomic E-state index is 13.4. The molecular weight excluding hydrogens is 285 g/mol. The third-order valence-electron chi connectivity index (χ3n) is 3.60. The summed E-state index contributed by atoms with van der Waals surface area (Å²) in [5.74, 6) is 0.262. The van der Waals surface area contributed by atoms with Crippen molar-refractivity contribution in [2.45, 2.75) is 29.5 Å². The first-order valence-electron chi connectivity index (χ1n) is 7.06. The van der Waals surface area contributed by atoms with Gasteiger partial charge in [0.05, 0.1) is 0 Å². The number of ether oxygens (including phenoxy) is 1. The van der Waals surface area contributed by atoms with Crippen molar-refractivity contribution in [3.8, 4) is 5.75 Å². The van der Waals surface area contributed by atoms with Crippen LogP contribution in [0.3, 0.4) is 0 Å². The Morgan fingerprint density at radius 1 is 1.33 bits per heavy atom. The molecule has 1 aliphatic heterocycles. The fraction of sp³-hybridized carbons (Fsp3) is 0.294. The number of halogens is 1. The molecule has 0 bridgehead atoms. The molecule has 0 aliphatic carbocycles. The average Bonchev–Trinajstić information content (AvgIpc) is 2.87. The molecule has 2 aromatic carbocycles. The van der Waals surface area contributed by atoms with E-state index in [9.17, 15) is 4.39 Å². The maximum Gasteiger partial charge on any atom is 0.127 e. The maximum atomic E-state index is 13.4. The predicted octanol–water partition coefficient (Wildman–Crippen LogP) is 3.94. The van der Waals surface area contributed by atoms with Gasteiger partial charge >= 0.3 is 0 Å². The van der Waals surface area contributed by atoms with Gasteiger partial charge in [-0.15, -0.1) is 11.8 Å². The molecule has 4 heteroatoms. The van der Waals surface area contributed by atoms with Crippen LogP contribution in [0, 0.1) is 5.82 Å². The Hall–Kier alpha value is -1.52. The van der Waals surface area contributed by atoms with E-state index in [0.29, 0.717) is 17.6 Å². The summed E-state index contributed by atoms with van der Waals surface area (Å²) in [4.78, 5) is 1.32. The Balaban J connectivity index is 1.68. The van der Waals surface area contributed by atoms with Crippen LogP contribution in [-0.2, 0) is 6.42 Å². The number of hydrogen-bond donors (Lipinski definition) is 1. The summed E-state index contributed by atoms with van der Waals surface area (Å²) in [7, 11) is 0. The van der Waals surface area contributed by atoms with E-state index >= 15 is 0 Å². The number of hydrogen-bond acceptors (Lipinski definition) is 3. The molecule has 0 radical (unpaired) electrons. The van der Waals surface area contributed by atoms with E-state index in [1.165, 1.54) is 22.6 Å². The van der Waals surface area contributed by atoms with Crippen LogP contribution in [0.2, 0.25) is 0 Å². The summed E-state index contributed by atoms with van der Waals surface area (Å²) in [5.41, 5.74) is 8.12. The first-order chi connectivity index (χ1) is 10.1. The highest BCUT2D eigenvalue weighted by atomic mass is 32.2. The Morgan fingerprint density at radius 3 is 2.90 bits per heavy atom. The van der Waals surface area contributed by atoms with Gasteiger partial charge in [-0.05, 0) is 31.0 Å². The minimum atomic E-state index is -0.295. The van der Waals surface area contributed by atoms with Crippen molar-refractivity contribution in [2.75, 3.05) is 6.61 Å². The lowest BCUT2D eigenvalue weighted by Gasteiger charge is -2.16. The second-order valence-corrected chi connectivity index (χ2v) is 6.68. The average molecular weight is 303 g/mol. The fourth-order valence-electron chi connectivity index (χ4n) is 2.54. The zero-order chi connectivity index (χ0) is 14.8. The van der Waals surface area contributed by atoms with Crippen LogP contribution in [0.25, 0.3) is 0 Å². The second-order valence-electron chi connectivity index (χ2n) is 5.33. The number of rotatable bonds is 4. The van der Waals surface area contributed by atoms with E-state index in [0.717, 1.165) is 12.0 Å². The third-order valence-corrected chi connectivity index (χ3v) is 4.89.